The summed E-state index contributed by atoms with van der Waals surface area (Å²) in [5, 5.41) is 2.89. The molecule has 0 spiro atoms. The minimum absolute atomic E-state index is 0.144. The van der Waals surface area contributed by atoms with Crippen molar-refractivity contribution >= 4 is 17.7 Å². The normalized spacial score (nSPS) is 13.2. The lowest BCUT2D eigenvalue weighted by Crippen LogP contribution is -2.10. The third-order valence-electron chi connectivity index (χ3n) is 3.59. The van der Waals surface area contributed by atoms with Crippen LogP contribution in [0.1, 0.15) is 16.7 Å². The third-order valence-corrected chi connectivity index (χ3v) is 3.59. The van der Waals surface area contributed by atoms with Crippen molar-refractivity contribution in [1.29, 1.82) is 0 Å². The predicted molar refractivity (Wildman–Crippen MR) is 93.6 cm³/mol. The van der Waals surface area contributed by atoms with Crippen LogP contribution in [0.5, 0.6) is 5.75 Å². The lowest BCUT2D eigenvalue weighted by molar-refractivity contribution is -0.111. The van der Waals surface area contributed by atoms with Gasteiger partial charge in [0.15, 0.2) is 0 Å². The number of rotatable bonds is 3. The maximum absolute atomic E-state index is 12.1. The van der Waals surface area contributed by atoms with E-state index < -0.39 is 0 Å². The van der Waals surface area contributed by atoms with Crippen molar-refractivity contribution < 1.29 is 9.53 Å². The van der Waals surface area contributed by atoms with Crippen molar-refractivity contribution in [2.75, 3.05) is 11.9 Å². The number of amides is 1. The van der Waals surface area contributed by atoms with E-state index in [-0.39, 0.29) is 5.91 Å². The molecule has 2 aromatic carbocycles. The topological polar surface area (TPSA) is 38.3 Å². The Morgan fingerprint density at radius 2 is 1.87 bits per heavy atom. The number of aryl methyl sites for hydroxylation is 2. The number of benzene rings is 2. The van der Waals surface area contributed by atoms with Crippen LogP contribution in [0.25, 0.3) is 6.08 Å². The van der Waals surface area contributed by atoms with Gasteiger partial charge in [-0.15, -0.1) is 0 Å². The molecule has 0 aliphatic carbocycles. The first-order valence-corrected chi connectivity index (χ1v) is 7.60. The highest BCUT2D eigenvalue weighted by Gasteiger charge is 2.08. The van der Waals surface area contributed by atoms with Gasteiger partial charge in [0.05, 0.1) is 0 Å². The summed E-state index contributed by atoms with van der Waals surface area (Å²) in [6.07, 6.45) is 5.38. The van der Waals surface area contributed by atoms with Crippen molar-refractivity contribution in [1.82, 2.24) is 0 Å². The highest BCUT2D eigenvalue weighted by atomic mass is 16.5. The van der Waals surface area contributed by atoms with Gasteiger partial charge in [0.1, 0.15) is 12.4 Å². The number of nitrogens with one attached hydrogen (secondary N) is 1. The van der Waals surface area contributed by atoms with E-state index in [1.54, 1.807) is 12.2 Å². The van der Waals surface area contributed by atoms with Gasteiger partial charge in [0, 0.05) is 17.3 Å². The summed E-state index contributed by atoms with van der Waals surface area (Å²) in [5.41, 5.74) is 5.08. The van der Waals surface area contributed by atoms with Gasteiger partial charge < -0.3 is 10.1 Å². The first kappa shape index (κ1) is 15.1. The van der Waals surface area contributed by atoms with Crippen LogP contribution in [0.4, 0.5) is 5.69 Å². The highest BCUT2D eigenvalue weighted by Crippen LogP contribution is 2.26. The number of hydrogen-bond acceptors (Lipinski definition) is 2. The molecular weight excluding hydrogens is 286 g/mol. The van der Waals surface area contributed by atoms with Gasteiger partial charge in [0.2, 0.25) is 5.91 Å². The average Bonchev–Trinajstić information content (AvgIpc) is 2.52. The summed E-state index contributed by atoms with van der Waals surface area (Å²) in [6, 6.07) is 13.9. The summed E-state index contributed by atoms with van der Waals surface area (Å²) in [4.78, 5) is 12.1. The third kappa shape index (κ3) is 3.89. The van der Waals surface area contributed by atoms with Crippen LogP contribution in [0.3, 0.4) is 0 Å². The molecule has 0 aromatic heterocycles. The van der Waals surface area contributed by atoms with E-state index in [1.807, 2.05) is 56.3 Å². The fourth-order valence-corrected chi connectivity index (χ4v) is 2.64. The minimum Gasteiger partial charge on any atom is -0.488 e. The predicted octanol–water partition coefficient (Wildman–Crippen LogP) is 4.27. The van der Waals surface area contributed by atoms with Crippen molar-refractivity contribution in [2.24, 2.45) is 0 Å². The summed E-state index contributed by atoms with van der Waals surface area (Å²) in [7, 11) is 0. The zero-order valence-electron chi connectivity index (χ0n) is 13.3. The smallest absolute Gasteiger partial charge is 0.248 e. The summed E-state index contributed by atoms with van der Waals surface area (Å²) in [6.45, 7) is 4.50. The van der Waals surface area contributed by atoms with Crippen molar-refractivity contribution in [2.45, 2.75) is 13.8 Å². The van der Waals surface area contributed by atoms with Crippen LogP contribution in [0, 0.1) is 13.8 Å². The maximum atomic E-state index is 12.1. The lowest BCUT2D eigenvalue weighted by atomic mass is 10.1. The minimum atomic E-state index is -0.144. The molecular formula is C20H19NO2. The van der Waals surface area contributed by atoms with Crippen molar-refractivity contribution in [3.63, 3.8) is 0 Å². The quantitative estimate of drug-likeness (QED) is 0.860. The number of para-hydroxylation sites is 1. The van der Waals surface area contributed by atoms with Crippen molar-refractivity contribution in [3.8, 4) is 5.75 Å². The molecule has 1 aliphatic rings. The van der Waals surface area contributed by atoms with Crippen LogP contribution in [-0.4, -0.2) is 12.5 Å². The molecule has 3 rings (SSSR count). The van der Waals surface area contributed by atoms with E-state index in [1.165, 1.54) is 0 Å². The van der Waals surface area contributed by atoms with E-state index in [0.29, 0.717) is 6.61 Å². The molecule has 1 amide bonds. The second-order valence-electron chi connectivity index (χ2n) is 5.74. The number of ether oxygens (including phenoxy) is 1. The fourth-order valence-electron chi connectivity index (χ4n) is 2.64. The molecule has 0 unspecified atom stereocenters. The monoisotopic (exact) mass is 305 g/mol. The Morgan fingerprint density at radius 1 is 1.13 bits per heavy atom. The fraction of sp³-hybridized carbons (Fsp3) is 0.150. The van der Waals surface area contributed by atoms with Gasteiger partial charge in [0.25, 0.3) is 0 Å². The lowest BCUT2D eigenvalue weighted by Gasteiger charge is -2.15. The van der Waals surface area contributed by atoms with Gasteiger partial charge in [-0.2, -0.15) is 0 Å². The second kappa shape index (κ2) is 6.53. The van der Waals surface area contributed by atoms with Gasteiger partial charge in [-0.05, 0) is 54.8 Å². The SMILES string of the molecule is Cc1cc(C)cc(NC(=O)/C=C/C2=Cc3ccccc3OC2)c1. The van der Waals surface area contributed by atoms with E-state index in [4.69, 9.17) is 4.74 Å². The first-order valence-electron chi connectivity index (χ1n) is 7.60. The molecule has 0 saturated heterocycles. The number of hydrogen-bond donors (Lipinski definition) is 1. The summed E-state index contributed by atoms with van der Waals surface area (Å²) < 4.78 is 5.67. The molecule has 1 N–H and O–H groups in total. The van der Waals surface area contributed by atoms with Crippen LogP contribution in [0.2, 0.25) is 0 Å². The molecule has 0 fully saturated rings. The molecule has 0 bridgehead atoms. The molecule has 0 saturated carbocycles. The molecule has 1 aliphatic heterocycles. The Hall–Kier alpha value is -2.81. The molecule has 3 nitrogen and oxygen atoms in total. The summed E-state index contributed by atoms with van der Waals surface area (Å²) >= 11 is 0. The van der Waals surface area contributed by atoms with Crippen LogP contribution >= 0.6 is 0 Å². The van der Waals surface area contributed by atoms with E-state index in [0.717, 1.165) is 33.7 Å². The Labute approximate surface area is 136 Å². The largest absolute Gasteiger partial charge is 0.488 e. The van der Waals surface area contributed by atoms with Crippen LogP contribution in [-0.2, 0) is 4.79 Å². The van der Waals surface area contributed by atoms with Crippen LogP contribution < -0.4 is 10.1 Å². The number of carbonyl (C=O) groups excluding carboxylic acids is 1. The first-order chi connectivity index (χ1) is 11.1. The van der Waals surface area contributed by atoms with Crippen LogP contribution in [0.15, 0.2) is 60.2 Å². The van der Waals surface area contributed by atoms with Gasteiger partial charge in [-0.1, -0.05) is 30.3 Å². The zero-order chi connectivity index (χ0) is 16.2. The number of fused-ring (bicyclic) bond motifs is 1. The Bertz CT molecular complexity index is 783. The Balaban J connectivity index is 1.68. The molecule has 0 atom stereocenters. The zero-order valence-corrected chi connectivity index (χ0v) is 13.3. The molecule has 1 heterocycles. The molecule has 0 radical (unpaired) electrons. The number of carbonyl (C=O) groups is 1. The van der Waals surface area contributed by atoms with E-state index >= 15 is 0 Å². The second-order valence-corrected chi connectivity index (χ2v) is 5.74. The number of anilines is 1. The van der Waals surface area contributed by atoms with Gasteiger partial charge in [-0.3, -0.25) is 4.79 Å². The molecule has 3 heteroatoms. The Kier molecular flexibility index (Phi) is 4.29. The van der Waals surface area contributed by atoms with E-state index in [2.05, 4.69) is 11.4 Å². The highest BCUT2D eigenvalue weighted by molar-refractivity contribution is 5.99. The van der Waals surface area contributed by atoms with Gasteiger partial charge >= 0.3 is 0 Å². The molecule has 23 heavy (non-hydrogen) atoms. The average molecular weight is 305 g/mol. The Morgan fingerprint density at radius 3 is 2.65 bits per heavy atom. The molecule has 2 aromatic rings. The maximum Gasteiger partial charge on any atom is 0.248 e. The summed E-state index contributed by atoms with van der Waals surface area (Å²) in [5.74, 6) is 0.735. The van der Waals surface area contributed by atoms with Crippen molar-refractivity contribution in [3.05, 3.63) is 76.9 Å². The van der Waals surface area contributed by atoms with E-state index in [9.17, 15) is 4.79 Å². The molecule has 116 valence electrons. The van der Waals surface area contributed by atoms with Gasteiger partial charge in [-0.25, -0.2) is 0 Å². The standard InChI is InChI=1S/C20H19NO2/c1-14-9-15(2)11-18(10-14)21-20(22)8-7-16-12-17-5-3-4-6-19(17)23-13-16/h3-12H,13H2,1-2H3,(H,21,22)/b8-7+.